The van der Waals surface area contributed by atoms with Crippen LogP contribution < -0.4 is 10.6 Å². The average Bonchev–Trinajstić information content (AvgIpc) is 2.36. The SMILES string of the molecule is CN(C)CCCNC(=S)NCCc1ccccc1. The molecule has 0 unspecified atom stereocenters. The van der Waals surface area contributed by atoms with E-state index in [1.807, 2.05) is 6.07 Å². The predicted molar refractivity (Wildman–Crippen MR) is 81.9 cm³/mol. The minimum atomic E-state index is 0.754. The molecule has 0 aliphatic heterocycles. The van der Waals surface area contributed by atoms with Crippen molar-refractivity contribution in [3.05, 3.63) is 35.9 Å². The zero-order valence-electron chi connectivity index (χ0n) is 11.3. The zero-order valence-corrected chi connectivity index (χ0v) is 12.1. The molecule has 0 saturated carbocycles. The number of nitrogens with zero attached hydrogens (tertiary/aromatic N) is 1. The minimum absolute atomic E-state index is 0.754. The molecule has 3 nitrogen and oxygen atoms in total. The van der Waals surface area contributed by atoms with E-state index in [1.54, 1.807) is 0 Å². The Kier molecular flexibility index (Phi) is 7.37. The van der Waals surface area contributed by atoms with Crippen molar-refractivity contribution in [1.29, 1.82) is 0 Å². The van der Waals surface area contributed by atoms with Crippen LogP contribution in [0.5, 0.6) is 0 Å². The molecular weight excluding hydrogens is 242 g/mol. The van der Waals surface area contributed by atoms with E-state index >= 15 is 0 Å². The normalized spacial score (nSPS) is 10.4. The maximum atomic E-state index is 5.21. The van der Waals surface area contributed by atoms with Crippen LogP contribution in [0.3, 0.4) is 0 Å². The van der Waals surface area contributed by atoms with E-state index in [1.165, 1.54) is 5.56 Å². The highest BCUT2D eigenvalue weighted by Crippen LogP contribution is 1.97. The highest BCUT2D eigenvalue weighted by Gasteiger charge is 1.96. The summed E-state index contributed by atoms with van der Waals surface area (Å²) in [6, 6.07) is 10.4. The summed E-state index contributed by atoms with van der Waals surface area (Å²) < 4.78 is 0. The summed E-state index contributed by atoms with van der Waals surface area (Å²) in [5, 5.41) is 7.20. The van der Waals surface area contributed by atoms with Gasteiger partial charge in [0.1, 0.15) is 0 Å². The average molecular weight is 265 g/mol. The molecule has 1 rings (SSSR count). The Labute approximate surface area is 116 Å². The number of rotatable bonds is 7. The maximum Gasteiger partial charge on any atom is 0.166 e. The Hall–Kier alpha value is -1.13. The fourth-order valence-electron chi connectivity index (χ4n) is 1.62. The Morgan fingerprint density at radius 2 is 1.78 bits per heavy atom. The minimum Gasteiger partial charge on any atom is -0.363 e. The molecule has 0 fully saturated rings. The largest absolute Gasteiger partial charge is 0.363 e. The molecule has 18 heavy (non-hydrogen) atoms. The van der Waals surface area contributed by atoms with Crippen LogP contribution >= 0.6 is 12.2 Å². The summed E-state index contributed by atoms with van der Waals surface area (Å²) in [7, 11) is 4.16. The van der Waals surface area contributed by atoms with E-state index in [2.05, 4.69) is 53.9 Å². The van der Waals surface area contributed by atoms with Gasteiger partial charge in [0.25, 0.3) is 0 Å². The van der Waals surface area contributed by atoms with Gasteiger partial charge in [0.05, 0.1) is 0 Å². The topological polar surface area (TPSA) is 27.3 Å². The summed E-state index contributed by atoms with van der Waals surface area (Å²) in [5.41, 5.74) is 1.33. The van der Waals surface area contributed by atoms with Gasteiger partial charge < -0.3 is 15.5 Å². The first kappa shape index (κ1) is 14.9. The molecule has 0 saturated heterocycles. The number of hydrogen-bond donors (Lipinski definition) is 2. The van der Waals surface area contributed by atoms with E-state index < -0.39 is 0 Å². The third kappa shape index (κ3) is 7.25. The van der Waals surface area contributed by atoms with Gasteiger partial charge in [0.2, 0.25) is 0 Å². The first-order valence-electron chi connectivity index (χ1n) is 6.39. The molecule has 4 heteroatoms. The second-order valence-corrected chi connectivity index (χ2v) is 4.98. The lowest BCUT2D eigenvalue weighted by Crippen LogP contribution is -2.37. The van der Waals surface area contributed by atoms with Crippen LogP contribution in [0.4, 0.5) is 0 Å². The van der Waals surface area contributed by atoms with Gasteiger partial charge in [-0.25, -0.2) is 0 Å². The first-order chi connectivity index (χ1) is 8.68. The van der Waals surface area contributed by atoms with Crippen molar-refractivity contribution < 1.29 is 0 Å². The molecule has 2 N–H and O–H groups in total. The number of benzene rings is 1. The molecule has 0 amide bonds. The molecular formula is C14H23N3S. The van der Waals surface area contributed by atoms with E-state index in [0.717, 1.165) is 37.6 Å². The van der Waals surface area contributed by atoms with Crippen molar-refractivity contribution in [2.45, 2.75) is 12.8 Å². The summed E-state index contributed by atoms with van der Waals surface area (Å²) in [5.74, 6) is 0. The highest BCUT2D eigenvalue weighted by atomic mass is 32.1. The van der Waals surface area contributed by atoms with Crippen LogP contribution in [-0.2, 0) is 6.42 Å². The van der Waals surface area contributed by atoms with Gasteiger partial charge in [0.15, 0.2) is 5.11 Å². The summed E-state index contributed by atoms with van der Waals surface area (Å²) >= 11 is 5.21. The van der Waals surface area contributed by atoms with Crippen molar-refractivity contribution in [3.8, 4) is 0 Å². The molecule has 0 radical (unpaired) electrons. The third-order valence-corrected chi connectivity index (χ3v) is 2.90. The Bertz CT molecular complexity index is 338. The predicted octanol–water partition coefficient (Wildman–Crippen LogP) is 1.64. The van der Waals surface area contributed by atoms with E-state index in [-0.39, 0.29) is 0 Å². The lowest BCUT2D eigenvalue weighted by atomic mass is 10.1. The molecule has 0 aliphatic carbocycles. The van der Waals surface area contributed by atoms with Crippen molar-refractivity contribution >= 4 is 17.3 Å². The molecule has 100 valence electrons. The van der Waals surface area contributed by atoms with E-state index in [9.17, 15) is 0 Å². The van der Waals surface area contributed by atoms with E-state index in [4.69, 9.17) is 12.2 Å². The Balaban J connectivity index is 2.03. The Morgan fingerprint density at radius 1 is 1.11 bits per heavy atom. The summed E-state index contributed by atoms with van der Waals surface area (Å²) in [6.07, 6.45) is 2.11. The monoisotopic (exact) mass is 265 g/mol. The van der Waals surface area contributed by atoms with E-state index in [0.29, 0.717) is 0 Å². The van der Waals surface area contributed by atoms with Crippen molar-refractivity contribution in [1.82, 2.24) is 15.5 Å². The van der Waals surface area contributed by atoms with Gasteiger partial charge in [-0.05, 0) is 51.3 Å². The van der Waals surface area contributed by atoms with Crippen LogP contribution in [0.2, 0.25) is 0 Å². The van der Waals surface area contributed by atoms with Crippen LogP contribution in [0, 0.1) is 0 Å². The summed E-state index contributed by atoms with van der Waals surface area (Å²) in [6.45, 7) is 2.89. The fraction of sp³-hybridized carbons (Fsp3) is 0.500. The molecule has 0 bridgehead atoms. The van der Waals surface area contributed by atoms with Crippen molar-refractivity contribution in [3.63, 3.8) is 0 Å². The van der Waals surface area contributed by atoms with Gasteiger partial charge in [-0.15, -0.1) is 0 Å². The third-order valence-electron chi connectivity index (χ3n) is 2.61. The quantitative estimate of drug-likeness (QED) is 0.579. The van der Waals surface area contributed by atoms with Gasteiger partial charge in [-0.3, -0.25) is 0 Å². The lowest BCUT2D eigenvalue weighted by molar-refractivity contribution is 0.400. The molecule has 0 spiro atoms. The van der Waals surface area contributed by atoms with Crippen LogP contribution in [0.15, 0.2) is 30.3 Å². The molecule has 1 aromatic rings. The smallest absolute Gasteiger partial charge is 0.166 e. The Morgan fingerprint density at radius 3 is 2.44 bits per heavy atom. The fourth-order valence-corrected chi connectivity index (χ4v) is 1.83. The molecule has 0 atom stereocenters. The zero-order chi connectivity index (χ0) is 13.2. The number of thiocarbonyl (C=S) groups is 1. The highest BCUT2D eigenvalue weighted by molar-refractivity contribution is 7.80. The number of nitrogens with one attached hydrogen (secondary N) is 2. The van der Waals surface area contributed by atoms with Crippen LogP contribution in [0.25, 0.3) is 0 Å². The van der Waals surface area contributed by atoms with Gasteiger partial charge in [0, 0.05) is 13.1 Å². The van der Waals surface area contributed by atoms with Gasteiger partial charge in [-0.2, -0.15) is 0 Å². The lowest BCUT2D eigenvalue weighted by Gasteiger charge is -2.12. The van der Waals surface area contributed by atoms with Gasteiger partial charge in [-0.1, -0.05) is 30.3 Å². The molecule has 0 heterocycles. The second kappa shape index (κ2) is 8.89. The second-order valence-electron chi connectivity index (χ2n) is 4.58. The van der Waals surface area contributed by atoms with Crippen molar-refractivity contribution in [2.75, 3.05) is 33.7 Å². The molecule has 1 aromatic carbocycles. The standard InChI is InChI=1S/C14H23N3S/c1-17(2)12-6-10-15-14(18)16-11-9-13-7-4-3-5-8-13/h3-5,7-8H,6,9-12H2,1-2H3,(H2,15,16,18). The van der Waals surface area contributed by atoms with Crippen molar-refractivity contribution in [2.24, 2.45) is 0 Å². The van der Waals surface area contributed by atoms with Gasteiger partial charge >= 0.3 is 0 Å². The maximum absolute atomic E-state index is 5.21. The number of hydrogen-bond acceptors (Lipinski definition) is 2. The van der Waals surface area contributed by atoms with Crippen LogP contribution in [0.1, 0.15) is 12.0 Å². The summed E-state index contributed by atoms with van der Waals surface area (Å²) in [4.78, 5) is 2.17. The first-order valence-corrected chi connectivity index (χ1v) is 6.79. The molecule has 0 aliphatic rings. The molecule has 0 aromatic heterocycles. The van der Waals surface area contributed by atoms with Crippen LogP contribution in [-0.4, -0.2) is 43.7 Å².